The van der Waals surface area contributed by atoms with Gasteiger partial charge < -0.3 is 14.8 Å². The molecule has 1 aliphatic heterocycles. The summed E-state index contributed by atoms with van der Waals surface area (Å²) in [5.41, 5.74) is 0.0947. The Labute approximate surface area is 112 Å². The van der Waals surface area contributed by atoms with E-state index >= 15 is 0 Å². The Kier molecular flexibility index (Phi) is 3.71. The van der Waals surface area contributed by atoms with Crippen molar-refractivity contribution in [3.63, 3.8) is 0 Å². The lowest BCUT2D eigenvalue weighted by Crippen LogP contribution is -2.42. The zero-order valence-corrected chi connectivity index (χ0v) is 11.7. The van der Waals surface area contributed by atoms with Crippen molar-refractivity contribution >= 4 is 11.8 Å². The van der Waals surface area contributed by atoms with E-state index in [-0.39, 0.29) is 11.6 Å². The van der Waals surface area contributed by atoms with Gasteiger partial charge in [-0.15, -0.1) is 0 Å². The van der Waals surface area contributed by atoms with Gasteiger partial charge in [0.2, 0.25) is 0 Å². The molecule has 0 bridgehead atoms. The van der Waals surface area contributed by atoms with Gasteiger partial charge in [0.05, 0.1) is 18.8 Å². The van der Waals surface area contributed by atoms with Gasteiger partial charge in [0.15, 0.2) is 0 Å². The monoisotopic (exact) mass is 265 g/mol. The molecule has 1 fully saturated rings. The van der Waals surface area contributed by atoms with Gasteiger partial charge in [-0.3, -0.25) is 0 Å². The number of nitrogens with zero attached hydrogens (tertiary/aromatic N) is 2. The molecule has 1 saturated heterocycles. The largest absolute Gasteiger partial charge is 0.465 e. The molecule has 1 aliphatic rings. The van der Waals surface area contributed by atoms with Crippen molar-refractivity contribution in [2.24, 2.45) is 0 Å². The number of aromatic nitrogens is 2. The summed E-state index contributed by atoms with van der Waals surface area (Å²) >= 11 is 0. The number of aryl methyl sites for hydroxylation is 1. The van der Waals surface area contributed by atoms with Crippen LogP contribution < -0.4 is 5.32 Å². The zero-order valence-electron chi connectivity index (χ0n) is 11.7. The molecule has 6 nitrogen and oxygen atoms in total. The van der Waals surface area contributed by atoms with Crippen molar-refractivity contribution in [3.8, 4) is 0 Å². The second-order valence-corrected chi connectivity index (χ2v) is 4.98. The summed E-state index contributed by atoms with van der Waals surface area (Å²) in [6, 6.07) is 0. The summed E-state index contributed by atoms with van der Waals surface area (Å²) in [5.74, 6) is 0.655. The van der Waals surface area contributed by atoms with Crippen LogP contribution in [0.1, 0.15) is 36.5 Å². The summed E-state index contributed by atoms with van der Waals surface area (Å²) in [4.78, 5) is 20.1. The third-order valence-corrected chi connectivity index (χ3v) is 3.60. The predicted molar refractivity (Wildman–Crippen MR) is 70.2 cm³/mol. The normalized spacial score (nSPS) is 26.2. The predicted octanol–water partition coefficient (Wildman–Crippen LogP) is 1.55. The van der Waals surface area contributed by atoms with E-state index in [1.807, 2.05) is 6.92 Å². The quantitative estimate of drug-likeness (QED) is 0.836. The third kappa shape index (κ3) is 2.68. The van der Waals surface area contributed by atoms with Crippen molar-refractivity contribution in [1.82, 2.24) is 9.97 Å². The van der Waals surface area contributed by atoms with Crippen molar-refractivity contribution in [1.29, 1.82) is 0 Å². The van der Waals surface area contributed by atoms with Gasteiger partial charge in [-0.05, 0) is 27.2 Å². The fraction of sp³-hybridized carbons (Fsp3) is 0.615. The fourth-order valence-electron chi connectivity index (χ4n) is 2.09. The Balaban J connectivity index is 2.33. The number of rotatable bonds is 3. The second kappa shape index (κ2) is 5.13. The van der Waals surface area contributed by atoms with Crippen LogP contribution in [0.25, 0.3) is 0 Å². The van der Waals surface area contributed by atoms with Gasteiger partial charge in [-0.2, -0.15) is 0 Å². The van der Waals surface area contributed by atoms with E-state index in [1.165, 1.54) is 13.3 Å². The van der Waals surface area contributed by atoms with Gasteiger partial charge in [-0.1, -0.05) is 0 Å². The van der Waals surface area contributed by atoms with Crippen LogP contribution in [0, 0.1) is 6.92 Å². The summed E-state index contributed by atoms with van der Waals surface area (Å²) in [6.45, 7) is 6.54. The molecule has 1 aromatic rings. The molecule has 1 aromatic heterocycles. The highest BCUT2D eigenvalue weighted by Crippen LogP contribution is 2.30. The Hall–Kier alpha value is -1.69. The van der Waals surface area contributed by atoms with Crippen molar-refractivity contribution in [2.75, 3.05) is 19.0 Å². The number of carbonyl (C=O) groups is 1. The smallest absolute Gasteiger partial charge is 0.343 e. The number of hydrogen-bond acceptors (Lipinski definition) is 6. The Bertz CT molecular complexity index is 492. The second-order valence-electron chi connectivity index (χ2n) is 4.98. The van der Waals surface area contributed by atoms with Gasteiger partial charge in [-0.25, -0.2) is 14.8 Å². The molecular formula is C13H19N3O3. The topological polar surface area (TPSA) is 73.3 Å². The number of ether oxygens (including phenoxy) is 2. The number of anilines is 1. The lowest BCUT2D eigenvalue weighted by Gasteiger charge is -2.30. The van der Waals surface area contributed by atoms with E-state index in [9.17, 15) is 4.79 Å². The first-order valence-corrected chi connectivity index (χ1v) is 6.28. The van der Waals surface area contributed by atoms with E-state index in [2.05, 4.69) is 22.2 Å². The van der Waals surface area contributed by atoms with E-state index < -0.39 is 5.97 Å². The SMILES string of the molecule is COC(=O)c1cnc(C)nc1NC1(C)CCOC1C. The minimum atomic E-state index is -0.447. The molecule has 2 unspecified atom stereocenters. The number of carbonyl (C=O) groups excluding carboxylic acids is 1. The van der Waals surface area contributed by atoms with Gasteiger partial charge in [0.1, 0.15) is 17.2 Å². The lowest BCUT2D eigenvalue weighted by atomic mass is 9.94. The third-order valence-electron chi connectivity index (χ3n) is 3.60. The number of methoxy groups -OCH3 is 1. The van der Waals surface area contributed by atoms with Crippen LogP contribution in [0.5, 0.6) is 0 Å². The number of nitrogens with one attached hydrogen (secondary N) is 1. The molecule has 0 aromatic carbocycles. The van der Waals surface area contributed by atoms with Crippen molar-refractivity contribution < 1.29 is 14.3 Å². The molecule has 2 rings (SSSR count). The van der Waals surface area contributed by atoms with Gasteiger partial charge in [0, 0.05) is 12.8 Å². The fourth-order valence-corrected chi connectivity index (χ4v) is 2.09. The summed E-state index contributed by atoms with van der Waals surface area (Å²) in [7, 11) is 1.34. The summed E-state index contributed by atoms with van der Waals surface area (Å²) < 4.78 is 10.3. The Morgan fingerprint density at radius 3 is 2.95 bits per heavy atom. The molecule has 0 saturated carbocycles. The first kappa shape index (κ1) is 13.7. The average molecular weight is 265 g/mol. The lowest BCUT2D eigenvalue weighted by molar-refractivity contribution is 0.0600. The molecule has 19 heavy (non-hydrogen) atoms. The first-order chi connectivity index (χ1) is 8.96. The Morgan fingerprint density at radius 1 is 1.63 bits per heavy atom. The number of hydrogen-bond donors (Lipinski definition) is 1. The van der Waals surface area contributed by atoms with Crippen molar-refractivity contribution in [3.05, 3.63) is 17.6 Å². The molecule has 0 radical (unpaired) electrons. The maximum absolute atomic E-state index is 11.7. The van der Waals surface area contributed by atoms with Crippen LogP contribution in [0.2, 0.25) is 0 Å². The van der Waals surface area contributed by atoms with Crippen LogP contribution in [0.4, 0.5) is 5.82 Å². The highest BCUT2D eigenvalue weighted by atomic mass is 16.5. The van der Waals surface area contributed by atoms with Gasteiger partial charge >= 0.3 is 5.97 Å². The minimum absolute atomic E-state index is 0.0493. The molecule has 0 aliphatic carbocycles. The Morgan fingerprint density at radius 2 is 2.37 bits per heavy atom. The van der Waals surface area contributed by atoms with Gasteiger partial charge in [0.25, 0.3) is 0 Å². The highest BCUT2D eigenvalue weighted by molar-refractivity contribution is 5.94. The molecule has 6 heteroatoms. The molecule has 2 atom stereocenters. The van der Waals surface area contributed by atoms with Crippen LogP contribution in [0.3, 0.4) is 0 Å². The average Bonchev–Trinajstić information content (AvgIpc) is 2.68. The number of esters is 1. The zero-order chi connectivity index (χ0) is 14.0. The minimum Gasteiger partial charge on any atom is -0.465 e. The molecule has 0 spiro atoms. The highest BCUT2D eigenvalue weighted by Gasteiger charge is 2.38. The van der Waals surface area contributed by atoms with Crippen LogP contribution in [-0.2, 0) is 9.47 Å². The summed E-state index contributed by atoms with van der Waals surface area (Å²) in [5, 5.41) is 3.31. The van der Waals surface area contributed by atoms with Crippen LogP contribution >= 0.6 is 0 Å². The molecule has 2 heterocycles. The molecular weight excluding hydrogens is 246 g/mol. The van der Waals surface area contributed by atoms with E-state index in [0.29, 0.717) is 23.8 Å². The van der Waals surface area contributed by atoms with E-state index in [0.717, 1.165) is 6.42 Å². The molecule has 1 N–H and O–H groups in total. The maximum Gasteiger partial charge on any atom is 0.343 e. The standard InChI is InChI=1S/C13H19N3O3/c1-8-13(3,5-6-19-8)16-11-10(12(17)18-4)7-14-9(2)15-11/h7-8H,5-6H2,1-4H3,(H,14,15,16). The molecule has 104 valence electrons. The first-order valence-electron chi connectivity index (χ1n) is 6.28. The van der Waals surface area contributed by atoms with E-state index in [1.54, 1.807) is 6.92 Å². The molecule has 0 amide bonds. The maximum atomic E-state index is 11.7. The van der Waals surface area contributed by atoms with Crippen LogP contribution in [0.15, 0.2) is 6.20 Å². The van der Waals surface area contributed by atoms with Crippen LogP contribution in [-0.4, -0.2) is 41.3 Å². The van der Waals surface area contributed by atoms with E-state index in [4.69, 9.17) is 9.47 Å². The summed E-state index contributed by atoms with van der Waals surface area (Å²) in [6.07, 6.45) is 2.39. The van der Waals surface area contributed by atoms with Crippen molar-refractivity contribution in [2.45, 2.75) is 38.8 Å².